The van der Waals surface area contributed by atoms with Crippen LogP contribution in [0.2, 0.25) is 0 Å². The van der Waals surface area contributed by atoms with Gasteiger partial charge in [0.1, 0.15) is 0 Å². The molecule has 5 N–H and O–H groups in total. The van der Waals surface area contributed by atoms with Crippen molar-refractivity contribution in [1.29, 1.82) is 0 Å². The molecule has 0 aliphatic heterocycles. The Balaban J connectivity index is 0. The van der Waals surface area contributed by atoms with Crippen LogP contribution in [-0.4, -0.2) is 20.2 Å². The summed E-state index contributed by atoms with van der Waals surface area (Å²) in [5.41, 5.74) is 0. The van der Waals surface area contributed by atoms with Crippen LogP contribution >= 0.6 is 6.72 Å². The SMILES string of the molecule is O.OP(O)(O)=S. The van der Waals surface area contributed by atoms with Crippen LogP contribution in [-0.2, 0) is 11.8 Å². The van der Waals surface area contributed by atoms with E-state index in [4.69, 9.17) is 14.7 Å². The highest BCUT2D eigenvalue weighted by atomic mass is 32.5. The minimum absolute atomic E-state index is 0. The lowest BCUT2D eigenvalue weighted by atomic mass is 15.8. The number of rotatable bonds is 0. The Kier molecular flexibility index (Phi) is 4.25. The molecular formula is H5O4PS. The van der Waals surface area contributed by atoms with Gasteiger partial charge in [0.25, 0.3) is 0 Å². The van der Waals surface area contributed by atoms with E-state index in [-0.39, 0.29) is 5.48 Å². The van der Waals surface area contributed by atoms with Gasteiger partial charge in [-0.1, -0.05) is 0 Å². The molecule has 0 aromatic carbocycles. The quantitative estimate of drug-likeness (QED) is 0.345. The van der Waals surface area contributed by atoms with E-state index in [1.54, 1.807) is 0 Å². The van der Waals surface area contributed by atoms with Crippen LogP contribution < -0.4 is 0 Å². The fourth-order valence-corrected chi connectivity index (χ4v) is 0. The largest absolute Gasteiger partial charge is 0.412 e. The average molecular weight is 132 g/mol. The zero-order valence-electron chi connectivity index (χ0n) is 2.70. The van der Waals surface area contributed by atoms with Gasteiger partial charge in [0, 0.05) is 0 Å². The molecule has 0 radical (unpaired) electrons. The van der Waals surface area contributed by atoms with Gasteiger partial charge < -0.3 is 20.2 Å². The predicted molar refractivity (Wildman–Crippen MR) is 24.6 cm³/mol. The van der Waals surface area contributed by atoms with E-state index in [1.807, 2.05) is 0 Å². The van der Waals surface area contributed by atoms with Crippen molar-refractivity contribution >= 4 is 18.5 Å². The molecule has 0 aromatic heterocycles. The maximum Gasteiger partial charge on any atom is 0.319 e. The molecule has 0 saturated heterocycles. The third kappa shape index (κ3) is 228. The van der Waals surface area contributed by atoms with Crippen molar-refractivity contribution in [3.05, 3.63) is 0 Å². The Morgan fingerprint density at radius 1 is 1.17 bits per heavy atom. The Morgan fingerprint density at radius 3 is 1.17 bits per heavy atom. The molecule has 0 amide bonds. The van der Waals surface area contributed by atoms with Gasteiger partial charge in [0.05, 0.1) is 0 Å². The fraction of sp³-hybridized carbons (Fsp3) is 0. The van der Waals surface area contributed by atoms with Crippen molar-refractivity contribution in [3.8, 4) is 0 Å². The lowest BCUT2D eigenvalue weighted by Gasteiger charge is -1.88. The summed E-state index contributed by atoms with van der Waals surface area (Å²) >= 11 is 3.60. The molecule has 0 unspecified atom stereocenters. The first kappa shape index (κ1) is 9.70. The molecule has 6 heteroatoms. The summed E-state index contributed by atoms with van der Waals surface area (Å²) in [5.74, 6) is 0. The summed E-state index contributed by atoms with van der Waals surface area (Å²) in [6.45, 7) is -3.81. The molecule has 0 bridgehead atoms. The Hall–Kier alpha value is 0.490. The van der Waals surface area contributed by atoms with Crippen LogP contribution in [0.4, 0.5) is 0 Å². The molecule has 0 spiro atoms. The molecule has 4 nitrogen and oxygen atoms in total. The fourth-order valence-electron chi connectivity index (χ4n) is 0. The third-order valence-electron chi connectivity index (χ3n) is 0. The van der Waals surface area contributed by atoms with Crippen molar-refractivity contribution in [2.75, 3.05) is 0 Å². The number of hydrogen-bond donors (Lipinski definition) is 3. The summed E-state index contributed by atoms with van der Waals surface area (Å²) in [6.07, 6.45) is 0. The van der Waals surface area contributed by atoms with E-state index in [0.29, 0.717) is 0 Å². The van der Waals surface area contributed by atoms with E-state index >= 15 is 0 Å². The van der Waals surface area contributed by atoms with Crippen LogP contribution in [0.5, 0.6) is 0 Å². The molecule has 40 valence electrons. The van der Waals surface area contributed by atoms with Gasteiger partial charge in [-0.15, -0.1) is 0 Å². The summed E-state index contributed by atoms with van der Waals surface area (Å²) in [5, 5.41) is 0. The van der Waals surface area contributed by atoms with Crippen molar-refractivity contribution < 1.29 is 20.2 Å². The normalized spacial score (nSPS) is 9.83. The van der Waals surface area contributed by atoms with Gasteiger partial charge in [-0.3, -0.25) is 0 Å². The summed E-state index contributed by atoms with van der Waals surface area (Å²) < 4.78 is 0. The van der Waals surface area contributed by atoms with E-state index in [1.165, 1.54) is 0 Å². The van der Waals surface area contributed by atoms with Crippen LogP contribution in [0.1, 0.15) is 0 Å². The van der Waals surface area contributed by atoms with Gasteiger partial charge in [-0.05, 0) is 11.8 Å². The molecule has 0 aromatic rings. The first-order valence-electron chi connectivity index (χ1n) is 0.783. The Labute approximate surface area is 39.6 Å². The highest BCUT2D eigenvalue weighted by Gasteiger charge is 1.92. The smallest absolute Gasteiger partial charge is 0.319 e. The minimum Gasteiger partial charge on any atom is -0.412 e. The van der Waals surface area contributed by atoms with Crippen LogP contribution in [0.15, 0.2) is 0 Å². The molecule has 6 heavy (non-hydrogen) atoms. The molecular weight excluding hydrogens is 127 g/mol. The van der Waals surface area contributed by atoms with Crippen molar-refractivity contribution in [2.45, 2.75) is 0 Å². The van der Waals surface area contributed by atoms with Crippen molar-refractivity contribution in [2.24, 2.45) is 0 Å². The second kappa shape index (κ2) is 2.63. The van der Waals surface area contributed by atoms with E-state index in [9.17, 15) is 0 Å². The van der Waals surface area contributed by atoms with E-state index in [0.717, 1.165) is 0 Å². The monoisotopic (exact) mass is 132 g/mol. The molecule has 0 fully saturated rings. The second-order valence-corrected chi connectivity index (χ2v) is 3.01. The zero-order chi connectivity index (χ0) is 4.50. The molecule has 0 heterocycles. The first-order valence-corrected chi connectivity index (χ1v) is 3.44. The summed E-state index contributed by atoms with van der Waals surface area (Å²) in [6, 6.07) is 0. The topological polar surface area (TPSA) is 92.2 Å². The van der Waals surface area contributed by atoms with Gasteiger partial charge in [-0.2, -0.15) is 0 Å². The van der Waals surface area contributed by atoms with E-state index in [2.05, 4.69) is 11.8 Å². The third-order valence-corrected chi connectivity index (χ3v) is 0. The molecule has 0 atom stereocenters. The summed E-state index contributed by atoms with van der Waals surface area (Å²) in [7, 11) is 0. The number of hydrogen-bond acceptors (Lipinski definition) is 1. The lowest BCUT2D eigenvalue weighted by Crippen LogP contribution is -1.65. The van der Waals surface area contributed by atoms with Crippen molar-refractivity contribution in [3.63, 3.8) is 0 Å². The maximum atomic E-state index is 7.56. The Morgan fingerprint density at radius 2 is 1.17 bits per heavy atom. The predicted octanol–water partition coefficient (Wildman–Crippen LogP) is -1.64. The summed E-state index contributed by atoms with van der Waals surface area (Å²) in [4.78, 5) is 22.7. The van der Waals surface area contributed by atoms with Gasteiger partial charge >= 0.3 is 6.72 Å². The Bertz CT molecular complexity index is 53.7. The lowest BCUT2D eigenvalue weighted by molar-refractivity contribution is 0.363. The van der Waals surface area contributed by atoms with Crippen LogP contribution in [0, 0.1) is 0 Å². The zero-order valence-corrected chi connectivity index (χ0v) is 4.41. The van der Waals surface area contributed by atoms with Crippen LogP contribution in [0.25, 0.3) is 0 Å². The minimum atomic E-state index is -3.81. The maximum absolute atomic E-state index is 7.56. The molecule has 0 aliphatic carbocycles. The van der Waals surface area contributed by atoms with Gasteiger partial charge in [0.15, 0.2) is 0 Å². The average Bonchev–Trinajstić information content (AvgIpc) is 0.722. The van der Waals surface area contributed by atoms with Crippen LogP contribution in [0.3, 0.4) is 0 Å². The first-order chi connectivity index (χ1) is 2.00. The standard InChI is InChI=1S/H3O3PS.H2O/c1-4(2,3)5;/h(H3,1,2,3,5);1H2. The highest BCUT2D eigenvalue weighted by molar-refractivity contribution is 8.06. The molecule has 0 saturated carbocycles. The van der Waals surface area contributed by atoms with Gasteiger partial charge in [-0.25, -0.2) is 0 Å². The molecule has 0 aliphatic rings. The van der Waals surface area contributed by atoms with Crippen molar-refractivity contribution in [1.82, 2.24) is 0 Å². The highest BCUT2D eigenvalue weighted by Crippen LogP contribution is 2.26. The second-order valence-electron chi connectivity index (χ2n) is 0.513. The van der Waals surface area contributed by atoms with Gasteiger partial charge in [0.2, 0.25) is 0 Å². The van der Waals surface area contributed by atoms with E-state index < -0.39 is 6.72 Å². The molecule has 0 rings (SSSR count).